The van der Waals surface area contributed by atoms with Gasteiger partial charge in [0, 0.05) is 12.7 Å². The minimum atomic E-state index is 0.699. The van der Waals surface area contributed by atoms with Gasteiger partial charge in [0.15, 0.2) is 0 Å². The number of nitrogens with zero attached hydrogens (tertiary/aromatic N) is 2. The van der Waals surface area contributed by atoms with E-state index in [1.165, 1.54) is 0 Å². The van der Waals surface area contributed by atoms with Crippen molar-refractivity contribution in [2.75, 3.05) is 17.2 Å². The monoisotopic (exact) mass is 304 g/mol. The zero-order chi connectivity index (χ0) is 16.2. The van der Waals surface area contributed by atoms with E-state index >= 15 is 0 Å². The lowest BCUT2D eigenvalue weighted by Gasteiger charge is -2.31. The summed E-state index contributed by atoms with van der Waals surface area (Å²) in [5.74, 6) is 0.931. The molecule has 1 aliphatic heterocycles. The fraction of sp³-hybridized carbons (Fsp3) is 0.105. The second-order valence-electron chi connectivity index (χ2n) is 5.42. The number of allylic oxidation sites excluding steroid dienone is 2. The first-order chi connectivity index (χ1) is 11.2. The van der Waals surface area contributed by atoms with E-state index in [1.54, 1.807) is 6.20 Å². The van der Waals surface area contributed by atoms with Crippen LogP contribution >= 0.6 is 0 Å². The highest BCUT2D eigenvalue weighted by molar-refractivity contribution is 5.86. The van der Waals surface area contributed by atoms with Crippen LogP contribution in [0, 0.1) is 6.92 Å². The highest BCUT2D eigenvalue weighted by atomic mass is 15.3. The van der Waals surface area contributed by atoms with Gasteiger partial charge in [-0.25, -0.2) is 0 Å². The van der Waals surface area contributed by atoms with Crippen molar-refractivity contribution in [2.24, 2.45) is 0 Å². The van der Waals surface area contributed by atoms with Gasteiger partial charge in [0.25, 0.3) is 0 Å². The van der Waals surface area contributed by atoms with Gasteiger partial charge in [-0.05, 0) is 42.8 Å². The topological polar surface area (TPSA) is 54.2 Å². The van der Waals surface area contributed by atoms with Crippen molar-refractivity contribution < 1.29 is 0 Å². The quantitative estimate of drug-likeness (QED) is 0.850. The van der Waals surface area contributed by atoms with Crippen LogP contribution < -0.4 is 16.0 Å². The fourth-order valence-electron chi connectivity index (χ4n) is 2.52. The first-order valence-electron chi connectivity index (χ1n) is 7.54. The van der Waals surface area contributed by atoms with Gasteiger partial charge >= 0.3 is 0 Å². The Morgan fingerprint density at radius 1 is 1.30 bits per heavy atom. The fourth-order valence-corrected chi connectivity index (χ4v) is 2.52. The number of anilines is 2. The van der Waals surface area contributed by atoms with Gasteiger partial charge in [-0.2, -0.15) is 0 Å². The maximum Gasteiger partial charge on any atom is 0.111 e. The number of pyridine rings is 1. The molecular formula is C19H20N4. The molecule has 0 radical (unpaired) electrons. The lowest BCUT2D eigenvalue weighted by molar-refractivity contribution is 0.854. The SMILES string of the molecule is C=C(c1ccccn1)N(C1=CC=CCN1)c1cc(C)ccc1N. The second kappa shape index (κ2) is 6.40. The van der Waals surface area contributed by atoms with E-state index < -0.39 is 0 Å². The smallest absolute Gasteiger partial charge is 0.111 e. The minimum absolute atomic E-state index is 0.699. The molecule has 1 aliphatic rings. The molecule has 0 unspecified atom stereocenters. The molecule has 3 N–H and O–H groups in total. The number of dihydropyridines is 1. The molecule has 3 rings (SSSR count). The molecular weight excluding hydrogens is 284 g/mol. The third-order valence-electron chi connectivity index (χ3n) is 3.69. The maximum atomic E-state index is 6.24. The summed E-state index contributed by atoms with van der Waals surface area (Å²) in [6.07, 6.45) is 7.86. The van der Waals surface area contributed by atoms with Gasteiger partial charge in [0.1, 0.15) is 5.82 Å². The summed E-state index contributed by atoms with van der Waals surface area (Å²) >= 11 is 0. The van der Waals surface area contributed by atoms with Gasteiger partial charge < -0.3 is 11.1 Å². The van der Waals surface area contributed by atoms with Crippen molar-refractivity contribution in [3.8, 4) is 0 Å². The van der Waals surface area contributed by atoms with Crippen molar-refractivity contribution in [3.63, 3.8) is 0 Å². The van der Waals surface area contributed by atoms with Crippen molar-refractivity contribution in [3.05, 3.63) is 84.5 Å². The predicted molar refractivity (Wildman–Crippen MR) is 96.6 cm³/mol. The molecule has 1 aromatic heterocycles. The Kier molecular flexibility index (Phi) is 4.15. The number of nitrogen functional groups attached to an aromatic ring is 1. The Morgan fingerprint density at radius 2 is 2.17 bits per heavy atom. The lowest BCUT2D eigenvalue weighted by atomic mass is 10.1. The first kappa shape index (κ1) is 14.9. The molecule has 23 heavy (non-hydrogen) atoms. The molecule has 0 saturated heterocycles. The zero-order valence-corrected chi connectivity index (χ0v) is 13.2. The van der Waals surface area contributed by atoms with Gasteiger partial charge in [-0.3, -0.25) is 9.88 Å². The lowest BCUT2D eigenvalue weighted by Crippen LogP contribution is -2.32. The van der Waals surface area contributed by atoms with Gasteiger partial charge in [0.05, 0.1) is 22.8 Å². The summed E-state index contributed by atoms with van der Waals surface area (Å²) in [6, 6.07) is 11.8. The molecule has 0 aliphatic carbocycles. The standard InChI is InChI=1S/C19H20N4/c1-14-9-10-16(20)18(13-14)23(19-8-4-6-12-22-19)15(2)17-7-3-5-11-21-17/h3-11,13,22H,2,12,20H2,1H3. The highest BCUT2D eigenvalue weighted by Gasteiger charge is 2.20. The summed E-state index contributed by atoms with van der Waals surface area (Å²) < 4.78 is 0. The van der Waals surface area contributed by atoms with Crippen LogP contribution in [0.4, 0.5) is 11.4 Å². The predicted octanol–water partition coefficient (Wildman–Crippen LogP) is 3.45. The van der Waals surface area contributed by atoms with Gasteiger partial charge in [-0.15, -0.1) is 0 Å². The zero-order valence-electron chi connectivity index (χ0n) is 13.2. The number of benzene rings is 1. The first-order valence-corrected chi connectivity index (χ1v) is 7.54. The summed E-state index contributed by atoms with van der Waals surface area (Å²) in [7, 11) is 0. The molecule has 0 amide bonds. The van der Waals surface area contributed by atoms with Crippen LogP contribution in [0.15, 0.2) is 73.2 Å². The van der Waals surface area contributed by atoms with Crippen molar-refractivity contribution >= 4 is 17.1 Å². The van der Waals surface area contributed by atoms with Crippen LogP contribution in [0.1, 0.15) is 11.3 Å². The van der Waals surface area contributed by atoms with Crippen LogP contribution in [0.3, 0.4) is 0 Å². The van der Waals surface area contributed by atoms with E-state index in [0.717, 1.165) is 35.0 Å². The number of rotatable bonds is 4. The maximum absolute atomic E-state index is 6.24. The van der Waals surface area contributed by atoms with Gasteiger partial charge in [-0.1, -0.05) is 30.9 Å². The molecule has 0 spiro atoms. The Hall–Kier alpha value is -3.01. The van der Waals surface area contributed by atoms with E-state index in [1.807, 2.05) is 54.3 Å². The average Bonchev–Trinajstić information content (AvgIpc) is 2.60. The third-order valence-corrected chi connectivity index (χ3v) is 3.69. The van der Waals surface area contributed by atoms with E-state index in [9.17, 15) is 0 Å². The molecule has 2 heterocycles. The van der Waals surface area contributed by atoms with Crippen LogP contribution in [-0.2, 0) is 0 Å². The molecule has 1 aromatic carbocycles. The normalized spacial score (nSPS) is 13.2. The van der Waals surface area contributed by atoms with E-state index in [-0.39, 0.29) is 0 Å². The number of hydrogen-bond acceptors (Lipinski definition) is 4. The van der Waals surface area contributed by atoms with Crippen LogP contribution in [0.2, 0.25) is 0 Å². The summed E-state index contributed by atoms with van der Waals surface area (Å²) in [6.45, 7) is 7.07. The largest absolute Gasteiger partial charge is 0.397 e. The Labute approximate surface area is 136 Å². The number of nitrogens with two attached hydrogens (primary N) is 1. The Morgan fingerprint density at radius 3 is 2.87 bits per heavy atom. The van der Waals surface area contributed by atoms with E-state index in [2.05, 4.69) is 29.0 Å². The molecule has 2 aromatic rings. The average molecular weight is 304 g/mol. The second-order valence-corrected chi connectivity index (χ2v) is 5.42. The molecule has 4 nitrogen and oxygen atoms in total. The Balaban J connectivity index is 2.11. The molecule has 0 fully saturated rings. The molecule has 0 saturated carbocycles. The summed E-state index contributed by atoms with van der Waals surface area (Å²) in [5, 5.41) is 3.37. The molecule has 116 valence electrons. The van der Waals surface area contributed by atoms with Crippen LogP contribution in [-0.4, -0.2) is 11.5 Å². The summed E-state index contributed by atoms with van der Waals surface area (Å²) in [5.41, 5.74) is 10.6. The molecule has 0 bridgehead atoms. The van der Waals surface area contributed by atoms with Gasteiger partial charge in [0.2, 0.25) is 0 Å². The third kappa shape index (κ3) is 3.11. The van der Waals surface area contributed by atoms with E-state index in [4.69, 9.17) is 5.73 Å². The van der Waals surface area contributed by atoms with Crippen molar-refractivity contribution in [2.45, 2.75) is 6.92 Å². The number of hydrogen-bond donors (Lipinski definition) is 2. The van der Waals surface area contributed by atoms with Crippen molar-refractivity contribution in [1.29, 1.82) is 0 Å². The van der Waals surface area contributed by atoms with Crippen LogP contribution in [0.25, 0.3) is 5.70 Å². The number of aryl methyl sites for hydroxylation is 1. The molecule has 0 atom stereocenters. The van der Waals surface area contributed by atoms with E-state index in [0.29, 0.717) is 5.69 Å². The minimum Gasteiger partial charge on any atom is -0.397 e. The van der Waals surface area contributed by atoms with Crippen molar-refractivity contribution in [1.82, 2.24) is 10.3 Å². The summed E-state index contributed by atoms with van der Waals surface area (Å²) in [4.78, 5) is 6.44. The highest BCUT2D eigenvalue weighted by Crippen LogP contribution is 2.33. The number of nitrogens with one attached hydrogen (secondary N) is 1. The Bertz CT molecular complexity index is 775. The van der Waals surface area contributed by atoms with Crippen LogP contribution in [0.5, 0.6) is 0 Å². The number of aromatic nitrogens is 1. The molecule has 4 heteroatoms.